The highest BCUT2D eigenvalue weighted by Crippen LogP contribution is 2.03. The first-order chi connectivity index (χ1) is 6.29. The molecule has 3 heteroatoms. The maximum absolute atomic E-state index is 4.24. The number of aromatic nitrogens is 3. The van der Waals surface area contributed by atoms with Crippen LogP contribution in [-0.4, -0.2) is 9.55 Å². The van der Waals surface area contributed by atoms with E-state index in [4.69, 9.17) is 0 Å². The molecule has 0 atom stereocenters. The van der Waals surface area contributed by atoms with Crippen LogP contribution in [0.15, 0.2) is 24.7 Å². The lowest BCUT2D eigenvalue weighted by atomic mass is 10.4. The molecule has 13 heavy (non-hydrogen) atoms. The van der Waals surface area contributed by atoms with Crippen LogP contribution in [0, 0.1) is 0 Å². The van der Waals surface area contributed by atoms with Crippen LogP contribution < -0.4 is 4.57 Å². The minimum absolute atomic E-state index is 1.02. The Labute approximate surface area is 78.6 Å². The van der Waals surface area contributed by atoms with E-state index in [1.54, 1.807) is 0 Å². The number of rotatable bonds is 0. The number of hydrogen-bond acceptors (Lipinski definition) is 1. The zero-order valence-corrected chi connectivity index (χ0v) is 8.65. The topological polar surface area (TPSA) is 21.7 Å². The van der Waals surface area contributed by atoms with Gasteiger partial charge in [0, 0.05) is 7.05 Å². The first kappa shape index (κ1) is 9.71. The molecule has 0 aliphatic carbocycles. The Kier molecular flexibility index (Phi) is 3.01. The summed E-state index contributed by atoms with van der Waals surface area (Å²) in [5, 5.41) is 0. The number of imidazole rings is 1. The molecule has 2 heterocycles. The van der Waals surface area contributed by atoms with Gasteiger partial charge in [-0.1, -0.05) is 13.8 Å². The van der Waals surface area contributed by atoms with E-state index in [1.807, 2.05) is 55.7 Å². The van der Waals surface area contributed by atoms with Gasteiger partial charge in [-0.15, -0.1) is 0 Å². The summed E-state index contributed by atoms with van der Waals surface area (Å²) in [4.78, 5) is 4.24. The summed E-state index contributed by atoms with van der Waals surface area (Å²) >= 11 is 0. The predicted molar refractivity (Wildman–Crippen MR) is 53.2 cm³/mol. The van der Waals surface area contributed by atoms with Crippen molar-refractivity contribution in [1.29, 1.82) is 0 Å². The van der Waals surface area contributed by atoms with E-state index < -0.39 is 0 Å². The molecule has 0 aromatic carbocycles. The molecule has 0 aliphatic heterocycles. The molecule has 0 unspecified atom stereocenters. The monoisotopic (exact) mass is 178 g/mol. The molecule has 2 rings (SSSR count). The van der Waals surface area contributed by atoms with Crippen LogP contribution in [0.5, 0.6) is 0 Å². The molecule has 70 valence electrons. The highest BCUT2D eigenvalue weighted by atomic mass is 15.1. The second-order valence-electron chi connectivity index (χ2n) is 2.68. The van der Waals surface area contributed by atoms with Crippen LogP contribution in [0.4, 0.5) is 0 Å². The number of nitrogens with zero attached hydrogens (tertiary/aromatic N) is 3. The van der Waals surface area contributed by atoms with Crippen molar-refractivity contribution in [1.82, 2.24) is 9.55 Å². The van der Waals surface area contributed by atoms with Gasteiger partial charge in [0.25, 0.3) is 0 Å². The standard InChI is InChI=1S/C8H10N3.C2H6/c1-10-5-3-4-7-8(10)9-6-11(7)2;1-2/h3-6H,1-2H3;1-2H3/q+1;. The summed E-state index contributed by atoms with van der Waals surface area (Å²) in [7, 11) is 3.99. The normalized spacial score (nSPS) is 9.54. The lowest BCUT2D eigenvalue weighted by molar-refractivity contribution is -0.646. The third-order valence-corrected chi connectivity index (χ3v) is 1.86. The molecule has 0 aliphatic rings. The van der Waals surface area contributed by atoms with Gasteiger partial charge in [-0.05, 0) is 17.1 Å². The van der Waals surface area contributed by atoms with E-state index >= 15 is 0 Å². The van der Waals surface area contributed by atoms with Gasteiger partial charge in [0.1, 0.15) is 5.52 Å². The summed E-state index contributed by atoms with van der Waals surface area (Å²) in [5.74, 6) is 0. The molecule has 3 nitrogen and oxygen atoms in total. The summed E-state index contributed by atoms with van der Waals surface area (Å²) in [5.41, 5.74) is 2.19. The van der Waals surface area contributed by atoms with Crippen LogP contribution in [0.1, 0.15) is 13.8 Å². The quantitative estimate of drug-likeness (QED) is 0.559. The Hall–Kier alpha value is -1.38. The maximum atomic E-state index is 4.24. The Bertz CT molecular complexity index is 390. The fraction of sp³-hybridized carbons (Fsp3) is 0.400. The highest BCUT2D eigenvalue weighted by molar-refractivity contribution is 5.66. The van der Waals surface area contributed by atoms with Gasteiger partial charge in [-0.2, -0.15) is 0 Å². The molecule has 0 amide bonds. The van der Waals surface area contributed by atoms with Gasteiger partial charge in [-0.25, -0.2) is 4.57 Å². The molecule has 0 N–H and O–H groups in total. The minimum atomic E-state index is 1.02. The van der Waals surface area contributed by atoms with E-state index in [-0.39, 0.29) is 0 Å². The second-order valence-corrected chi connectivity index (χ2v) is 2.68. The SMILES string of the molecule is CC.Cn1cnc2c1ccc[n+]2C. The van der Waals surface area contributed by atoms with Gasteiger partial charge in [-0.3, -0.25) is 0 Å². The summed E-state index contributed by atoms with van der Waals surface area (Å²) in [6.45, 7) is 4.00. The van der Waals surface area contributed by atoms with Crippen molar-refractivity contribution in [2.75, 3.05) is 0 Å². The molecule has 0 fully saturated rings. The van der Waals surface area contributed by atoms with Crippen molar-refractivity contribution < 1.29 is 4.57 Å². The third-order valence-electron chi connectivity index (χ3n) is 1.86. The van der Waals surface area contributed by atoms with Gasteiger partial charge >= 0.3 is 5.65 Å². The smallest absolute Gasteiger partial charge is 0.308 e. The Morgan fingerprint density at radius 3 is 2.69 bits per heavy atom. The molecule has 0 spiro atoms. The molecule has 2 aromatic heterocycles. The summed E-state index contributed by atoms with van der Waals surface area (Å²) < 4.78 is 4.02. The second kappa shape index (κ2) is 4.03. The molecule has 0 saturated carbocycles. The van der Waals surface area contributed by atoms with Crippen molar-refractivity contribution >= 4 is 11.2 Å². The highest BCUT2D eigenvalue weighted by Gasteiger charge is 2.08. The van der Waals surface area contributed by atoms with E-state index in [9.17, 15) is 0 Å². The molecular formula is C10H16N3+. The Morgan fingerprint density at radius 1 is 1.38 bits per heavy atom. The maximum Gasteiger partial charge on any atom is 0.348 e. The van der Waals surface area contributed by atoms with Gasteiger partial charge in [0.2, 0.25) is 6.33 Å². The molecule has 0 saturated heterocycles. The zero-order chi connectivity index (χ0) is 9.84. The summed E-state index contributed by atoms with van der Waals surface area (Å²) in [6.07, 6.45) is 3.82. The van der Waals surface area contributed by atoms with Crippen molar-refractivity contribution in [3.63, 3.8) is 0 Å². The van der Waals surface area contributed by atoms with Gasteiger partial charge in [0.15, 0.2) is 0 Å². The average Bonchev–Trinajstić information content (AvgIpc) is 2.53. The average molecular weight is 178 g/mol. The molecule has 0 radical (unpaired) electrons. The third kappa shape index (κ3) is 1.69. The van der Waals surface area contributed by atoms with Crippen LogP contribution in [-0.2, 0) is 14.1 Å². The largest absolute Gasteiger partial charge is 0.348 e. The Balaban J connectivity index is 0.000000396. The van der Waals surface area contributed by atoms with Crippen LogP contribution in [0.2, 0.25) is 0 Å². The Morgan fingerprint density at radius 2 is 2.08 bits per heavy atom. The van der Waals surface area contributed by atoms with Gasteiger partial charge < -0.3 is 4.57 Å². The van der Waals surface area contributed by atoms with Crippen LogP contribution in [0.3, 0.4) is 0 Å². The fourth-order valence-corrected chi connectivity index (χ4v) is 1.23. The lowest BCUT2D eigenvalue weighted by Gasteiger charge is -1.90. The number of fused-ring (bicyclic) bond motifs is 1. The minimum Gasteiger partial charge on any atom is -0.308 e. The summed E-state index contributed by atoms with van der Waals surface area (Å²) in [6, 6.07) is 4.08. The first-order valence-corrected chi connectivity index (χ1v) is 4.55. The molecule has 2 aromatic rings. The zero-order valence-electron chi connectivity index (χ0n) is 8.65. The van der Waals surface area contributed by atoms with E-state index in [2.05, 4.69) is 11.1 Å². The van der Waals surface area contributed by atoms with Crippen molar-refractivity contribution in [2.45, 2.75) is 13.8 Å². The lowest BCUT2D eigenvalue weighted by Crippen LogP contribution is -2.28. The number of hydrogen-bond donors (Lipinski definition) is 0. The van der Waals surface area contributed by atoms with Crippen LogP contribution >= 0.6 is 0 Å². The number of pyridine rings is 1. The van der Waals surface area contributed by atoms with E-state index in [0.29, 0.717) is 0 Å². The van der Waals surface area contributed by atoms with E-state index in [0.717, 1.165) is 11.2 Å². The number of aryl methyl sites for hydroxylation is 2. The van der Waals surface area contributed by atoms with Crippen molar-refractivity contribution in [3.8, 4) is 0 Å². The molecule has 0 bridgehead atoms. The fourth-order valence-electron chi connectivity index (χ4n) is 1.23. The molecular weight excluding hydrogens is 162 g/mol. The predicted octanol–water partition coefficient (Wildman–Crippen LogP) is 1.42. The van der Waals surface area contributed by atoms with Crippen LogP contribution in [0.25, 0.3) is 11.2 Å². The first-order valence-electron chi connectivity index (χ1n) is 4.55. The van der Waals surface area contributed by atoms with Crippen molar-refractivity contribution in [2.24, 2.45) is 14.1 Å². The van der Waals surface area contributed by atoms with Crippen molar-refractivity contribution in [3.05, 3.63) is 24.7 Å². The van der Waals surface area contributed by atoms with Gasteiger partial charge in [0.05, 0.1) is 13.2 Å². The van der Waals surface area contributed by atoms with E-state index in [1.165, 1.54) is 0 Å².